The zero-order chi connectivity index (χ0) is 38.9. The smallest absolute Gasteiger partial charge is 0.283 e. The summed E-state index contributed by atoms with van der Waals surface area (Å²) in [6, 6.07) is 29.6. The van der Waals surface area contributed by atoms with Crippen LogP contribution in [0.3, 0.4) is 0 Å². The van der Waals surface area contributed by atoms with E-state index in [1.54, 1.807) is 28.1 Å². The summed E-state index contributed by atoms with van der Waals surface area (Å²) in [5, 5.41) is 6.84. The van der Waals surface area contributed by atoms with Crippen LogP contribution >= 0.6 is 22.7 Å². The van der Waals surface area contributed by atoms with Gasteiger partial charge in [0.15, 0.2) is 15.8 Å². The molecule has 2 saturated heterocycles. The van der Waals surface area contributed by atoms with Gasteiger partial charge in [0, 0.05) is 60.5 Å². The molecule has 0 unspecified atom stereocenters. The Balaban J connectivity index is 0.768. The molecule has 2 atom stereocenters. The predicted octanol–water partition coefficient (Wildman–Crippen LogP) is 8.49. The quantitative estimate of drug-likeness (QED) is 0.140. The number of nitrogens with zero attached hydrogens (tertiary/aromatic N) is 5. The molecular formula is C43H37N7O5S2. The van der Waals surface area contributed by atoms with Gasteiger partial charge in [-0.15, -0.1) is 22.7 Å². The number of anilines is 2. The van der Waals surface area contributed by atoms with Gasteiger partial charge in [-0.05, 0) is 98.5 Å². The summed E-state index contributed by atoms with van der Waals surface area (Å²) in [5.41, 5.74) is 4.43. The van der Waals surface area contributed by atoms with Gasteiger partial charge in [0.2, 0.25) is 17.7 Å². The number of hydrogen-bond acceptors (Lipinski definition) is 10. The second kappa shape index (κ2) is 15.7. The van der Waals surface area contributed by atoms with E-state index in [9.17, 15) is 19.2 Å². The second-order valence-corrected chi connectivity index (χ2v) is 16.3. The molecule has 2 fully saturated rings. The first kappa shape index (κ1) is 36.4. The molecule has 4 amide bonds. The Bertz CT molecular complexity index is 2370. The Hall–Kier alpha value is -6.25. The number of carbonyl (C=O) groups is 4. The third-order valence-corrected chi connectivity index (χ3v) is 12.5. The van der Waals surface area contributed by atoms with E-state index in [2.05, 4.69) is 25.6 Å². The van der Waals surface area contributed by atoms with E-state index in [1.807, 2.05) is 84.9 Å². The number of thiazole rings is 2. The van der Waals surface area contributed by atoms with Gasteiger partial charge in [0.1, 0.15) is 0 Å². The average Bonchev–Trinajstić information content (AvgIpc) is 4.08. The summed E-state index contributed by atoms with van der Waals surface area (Å²) in [4.78, 5) is 69.9. The lowest BCUT2D eigenvalue weighted by Gasteiger charge is -2.23. The van der Waals surface area contributed by atoms with Crippen molar-refractivity contribution in [1.29, 1.82) is 0 Å². The maximum absolute atomic E-state index is 13.3. The molecule has 3 aromatic heterocycles. The Labute approximate surface area is 335 Å². The fourth-order valence-corrected chi connectivity index (χ4v) is 9.45. The Morgan fingerprint density at radius 2 is 1.11 bits per heavy atom. The fourth-order valence-electron chi connectivity index (χ4n) is 7.61. The molecule has 0 bridgehead atoms. The van der Waals surface area contributed by atoms with Gasteiger partial charge in [-0.2, -0.15) is 0 Å². The van der Waals surface area contributed by atoms with Gasteiger partial charge in [0.25, 0.3) is 11.8 Å². The molecule has 4 aromatic carbocycles. The SMILES string of the molecule is O=C(C[C@@H]1CCCN1C(=O)c1nc2ccccc2s1)Nc1ccc(-c2cnc(-c3ccc(NC(=O)C[C@@H]4CCCN4C(=O)c4nc5ccccc5s4)cc3)o2)cc1. The molecule has 0 saturated carbocycles. The monoisotopic (exact) mass is 795 g/mol. The van der Waals surface area contributed by atoms with E-state index in [0.717, 1.165) is 57.2 Å². The number of nitrogens with one attached hydrogen (secondary N) is 2. The van der Waals surface area contributed by atoms with Crippen molar-refractivity contribution in [2.75, 3.05) is 23.7 Å². The minimum Gasteiger partial charge on any atom is -0.436 e. The predicted molar refractivity (Wildman–Crippen MR) is 221 cm³/mol. The molecule has 57 heavy (non-hydrogen) atoms. The molecule has 286 valence electrons. The van der Waals surface area contributed by atoms with Crippen LogP contribution in [0.4, 0.5) is 11.4 Å². The number of amides is 4. The van der Waals surface area contributed by atoms with Crippen molar-refractivity contribution in [3.05, 3.63) is 113 Å². The van der Waals surface area contributed by atoms with Crippen LogP contribution in [0, 0.1) is 0 Å². The molecule has 0 spiro atoms. The first-order valence-electron chi connectivity index (χ1n) is 18.9. The number of hydrogen-bond donors (Lipinski definition) is 2. The molecule has 5 heterocycles. The molecule has 2 N–H and O–H groups in total. The van der Waals surface area contributed by atoms with Crippen LogP contribution in [0.15, 0.2) is 108 Å². The first-order valence-corrected chi connectivity index (χ1v) is 20.6. The third kappa shape index (κ3) is 7.78. The zero-order valence-corrected chi connectivity index (χ0v) is 32.4. The number of carbonyl (C=O) groups excluding carboxylic acids is 4. The molecule has 2 aliphatic heterocycles. The Morgan fingerprint density at radius 1 is 0.632 bits per heavy atom. The highest BCUT2D eigenvalue weighted by Gasteiger charge is 2.34. The maximum Gasteiger partial charge on any atom is 0.283 e. The van der Waals surface area contributed by atoms with Crippen LogP contribution in [0.1, 0.15) is 58.1 Å². The highest BCUT2D eigenvalue weighted by atomic mass is 32.1. The highest BCUT2D eigenvalue weighted by molar-refractivity contribution is 7.20. The summed E-state index contributed by atoms with van der Waals surface area (Å²) in [7, 11) is 0. The van der Waals surface area contributed by atoms with E-state index in [0.29, 0.717) is 46.1 Å². The third-order valence-electron chi connectivity index (χ3n) is 10.4. The molecule has 7 aromatic rings. The van der Waals surface area contributed by atoms with Crippen LogP contribution in [-0.4, -0.2) is 73.6 Å². The average molecular weight is 796 g/mol. The lowest BCUT2D eigenvalue weighted by atomic mass is 10.1. The van der Waals surface area contributed by atoms with Crippen molar-refractivity contribution in [3.8, 4) is 22.8 Å². The summed E-state index contributed by atoms with van der Waals surface area (Å²) < 4.78 is 8.02. The molecule has 2 aliphatic rings. The number of likely N-dealkylation sites (tertiary alicyclic amines) is 2. The topological polar surface area (TPSA) is 151 Å². The second-order valence-electron chi connectivity index (χ2n) is 14.3. The van der Waals surface area contributed by atoms with Gasteiger partial charge in [-0.1, -0.05) is 24.3 Å². The van der Waals surface area contributed by atoms with Crippen molar-refractivity contribution >= 4 is 78.1 Å². The molecular weight excluding hydrogens is 759 g/mol. The number of aromatic nitrogens is 3. The van der Waals surface area contributed by atoms with Gasteiger partial charge in [-0.25, -0.2) is 15.0 Å². The first-order chi connectivity index (χ1) is 27.8. The van der Waals surface area contributed by atoms with E-state index < -0.39 is 0 Å². The van der Waals surface area contributed by atoms with Gasteiger partial charge in [-0.3, -0.25) is 19.2 Å². The number of rotatable bonds is 10. The Kier molecular flexibility index (Phi) is 10.0. The van der Waals surface area contributed by atoms with Gasteiger partial charge in [0.05, 0.1) is 26.6 Å². The Morgan fingerprint density at radius 3 is 1.60 bits per heavy atom. The lowest BCUT2D eigenvalue weighted by Crippen LogP contribution is -2.37. The van der Waals surface area contributed by atoms with E-state index in [1.165, 1.54) is 22.7 Å². The van der Waals surface area contributed by atoms with E-state index in [4.69, 9.17) is 4.42 Å². The minimum absolute atomic E-state index is 0.121. The summed E-state index contributed by atoms with van der Waals surface area (Å²) >= 11 is 2.77. The van der Waals surface area contributed by atoms with Crippen LogP contribution in [0.2, 0.25) is 0 Å². The van der Waals surface area contributed by atoms with Crippen LogP contribution < -0.4 is 10.6 Å². The summed E-state index contributed by atoms with van der Waals surface area (Å²) in [5.74, 6) is 0.431. The van der Waals surface area contributed by atoms with Gasteiger partial charge < -0.3 is 24.9 Å². The molecule has 14 heteroatoms. The van der Waals surface area contributed by atoms with Gasteiger partial charge >= 0.3 is 0 Å². The molecule has 9 rings (SSSR count). The van der Waals surface area contributed by atoms with Crippen molar-refractivity contribution in [3.63, 3.8) is 0 Å². The van der Waals surface area contributed by atoms with Crippen molar-refractivity contribution in [1.82, 2.24) is 24.8 Å². The fraction of sp³-hybridized carbons (Fsp3) is 0.233. The zero-order valence-electron chi connectivity index (χ0n) is 30.7. The minimum atomic E-state index is -0.184. The molecule has 12 nitrogen and oxygen atoms in total. The van der Waals surface area contributed by atoms with Crippen molar-refractivity contribution in [2.24, 2.45) is 0 Å². The van der Waals surface area contributed by atoms with Crippen LogP contribution in [0.25, 0.3) is 43.2 Å². The van der Waals surface area contributed by atoms with E-state index in [-0.39, 0.29) is 48.6 Å². The normalized spacial score (nSPS) is 16.7. The van der Waals surface area contributed by atoms with Crippen LogP contribution in [0.5, 0.6) is 0 Å². The summed E-state index contributed by atoms with van der Waals surface area (Å²) in [6.07, 6.45) is 5.29. The highest BCUT2D eigenvalue weighted by Crippen LogP contribution is 2.31. The lowest BCUT2D eigenvalue weighted by molar-refractivity contribution is -0.117. The standard InChI is InChI=1S/C43H37N7O5S2/c51-37(23-30-7-5-21-49(30)42(53)40-47-32-9-1-3-11-35(32)56-40)45-28-17-13-26(14-18-28)34-25-44-39(55-34)27-15-19-29(20-16-27)46-38(52)24-31-8-6-22-50(31)43(54)41-48-33-10-2-4-12-36(33)57-41/h1-4,9-20,25,30-31H,5-8,21-24H2,(H,45,51)(H,46,52)/t30-,31-/m0/s1. The molecule has 0 radical (unpaired) electrons. The van der Waals surface area contributed by atoms with Crippen molar-refractivity contribution in [2.45, 2.75) is 50.6 Å². The number of fused-ring (bicyclic) bond motifs is 2. The number of benzene rings is 4. The maximum atomic E-state index is 13.3. The largest absolute Gasteiger partial charge is 0.436 e. The summed E-state index contributed by atoms with van der Waals surface area (Å²) in [6.45, 7) is 1.22. The number of oxazole rings is 1. The number of para-hydroxylation sites is 2. The van der Waals surface area contributed by atoms with Crippen molar-refractivity contribution < 1.29 is 23.6 Å². The molecule has 0 aliphatic carbocycles. The van der Waals surface area contributed by atoms with Crippen LogP contribution in [-0.2, 0) is 9.59 Å². The van der Waals surface area contributed by atoms with E-state index >= 15 is 0 Å².